The van der Waals surface area contributed by atoms with Gasteiger partial charge < -0.3 is 4.57 Å². The van der Waals surface area contributed by atoms with Gasteiger partial charge in [0.25, 0.3) is 0 Å². The highest BCUT2D eigenvalue weighted by molar-refractivity contribution is 5.67. The average molecular weight is 333 g/mol. The molecule has 0 aliphatic heterocycles. The number of benzene rings is 3. The summed E-state index contributed by atoms with van der Waals surface area (Å²) < 4.78 is 2.37. The van der Waals surface area contributed by atoms with Crippen molar-refractivity contribution in [2.75, 3.05) is 0 Å². The van der Waals surface area contributed by atoms with E-state index in [9.17, 15) is 0 Å². The molecule has 3 aliphatic carbocycles. The molecular formula is C25H19N. The molecule has 0 saturated carbocycles. The van der Waals surface area contributed by atoms with Crippen molar-refractivity contribution in [2.24, 2.45) is 0 Å². The molecule has 0 N–H and O–H groups in total. The molecule has 26 heavy (non-hydrogen) atoms. The summed E-state index contributed by atoms with van der Waals surface area (Å²) in [5, 5.41) is 0. The van der Waals surface area contributed by atoms with Gasteiger partial charge in [0.2, 0.25) is 0 Å². The minimum absolute atomic E-state index is 0.374. The first-order valence-corrected chi connectivity index (χ1v) is 9.31. The molecule has 2 bridgehead atoms. The summed E-state index contributed by atoms with van der Waals surface area (Å²) >= 11 is 0. The summed E-state index contributed by atoms with van der Waals surface area (Å²) in [7, 11) is 0. The monoisotopic (exact) mass is 333 g/mol. The van der Waals surface area contributed by atoms with E-state index in [1.807, 2.05) is 0 Å². The van der Waals surface area contributed by atoms with Crippen molar-refractivity contribution in [2.45, 2.75) is 18.4 Å². The molecule has 4 aromatic rings. The van der Waals surface area contributed by atoms with Crippen LogP contribution in [0.5, 0.6) is 0 Å². The first-order valence-electron chi connectivity index (χ1n) is 9.31. The van der Waals surface area contributed by atoms with Gasteiger partial charge in [0.15, 0.2) is 0 Å². The molecule has 0 unspecified atom stereocenters. The molecule has 1 nitrogen and oxygen atoms in total. The van der Waals surface area contributed by atoms with Crippen molar-refractivity contribution in [1.29, 1.82) is 0 Å². The van der Waals surface area contributed by atoms with Crippen LogP contribution in [-0.4, -0.2) is 4.57 Å². The Morgan fingerprint density at radius 2 is 0.923 bits per heavy atom. The first-order chi connectivity index (χ1) is 12.9. The maximum atomic E-state index is 2.38. The van der Waals surface area contributed by atoms with Gasteiger partial charge in [-0.3, -0.25) is 0 Å². The summed E-state index contributed by atoms with van der Waals surface area (Å²) in [6.45, 7) is 0.931. The van der Waals surface area contributed by atoms with Gasteiger partial charge in [0.1, 0.15) is 0 Å². The second kappa shape index (κ2) is 5.22. The van der Waals surface area contributed by atoms with Crippen molar-refractivity contribution in [1.82, 2.24) is 4.57 Å². The molecule has 1 heterocycles. The van der Waals surface area contributed by atoms with Gasteiger partial charge in [0.05, 0.1) is 0 Å². The van der Waals surface area contributed by atoms with Crippen LogP contribution in [-0.2, 0) is 6.54 Å². The molecule has 0 spiro atoms. The summed E-state index contributed by atoms with van der Waals surface area (Å²) in [5.41, 5.74) is 10.3. The Morgan fingerprint density at radius 3 is 1.38 bits per heavy atom. The van der Waals surface area contributed by atoms with E-state index in [0.717, 1.165) is 6.54 Å². The van der Waals surface area contributed by atoms with Gasteiger partial charge in [-0.05, 0) is 38.9 Å². The summed E-state index contributed by atoms with van der Waals surface area (Å²) in [5.74, 6) is 0.749. The van der Waals surface area contributed by atoms with Crippen molar-refractivity contribution >= 4 is 0 Å². The maximum absolute atomic E-state index is 2.38. The Morgan fingerprint density at radius 1 is 0.500 bits per heavy atom. The fraction of sp³-hybridized carbons (Fsp3) is 0.120. The van der Waals surface area contributed by atoms with Crippen LogP contribution in [0.3, 0.4) is 0 Å². The van der Waals surface area contributed by atoms with Gasteiger partial charge in [0, 0.05) is 30.8 Å². The standard InChI is InChI=1S/C25H19N/c1-2-8-17(9-3-1)14-26-15-22-23(16-26)25-19-11-5-4-10-18(19)24(22)20-12-6-7-13-21(20)25/h1-13,15-16,24-25H,14H2. The van der Waals surface area contributed by atoms with Crippen LogP contribution in [0, 0.1) is 0 Å². The van der Waals surface area contributed by atoms with Crippen LogP contribution in [0.1, 0.15) is 50.8 Å². The molecule has 7 rings (SSSR count). The lowest BCUT2D eigenvalue weighted by Crippen LogP contribution is -2.26. The molecule has 0 atom stereocenters. The lowest BCUT2D eigenvalue weighted by atomic mass is 9.62. The predicted octanol–water partition coefficient (Wildman–Crippen LogP) is 5.52. The highest BCUT2D eigenvalue weighted by Crippen LogP contribution is 2.55. The zero-order chi connectivity index (χ0) is 17.1. The largest absolute Gasteiger partial charge is 0.349 e. The third-order valence-electron chi connectivity index (χ3n) is 6.01. The fourth-order valence-electron chi connectivity index (χ4n) is 4.99. The Bertz CT molecular complexity index is 1000. The highest BCUT2D eigenvalue weighted by Gasteiger charge is 2.41. The van der Waals surface area contributed by atoms with Crippen LogP contribution in [0.25, 0.3) is 0 Å². The molecule has 1 aromatic heterocycles. The Kier molecular flexibility index (Phi) is 2.84. The number of hydrogen-bond acceptors (Lipinski definition) is 0. The quantitative estimate of drug-likeness (QED) is 0.393. The molecule has 0 saturated heterocycles. The minimum Gasteiger partial charge on any atom is -0.349 e. The molecule has 3 aromatic carbocycles. The Balaban J connectivity index is 1.54. The molecular weight excluding hydrogens is 314 g/mol. The van der Waals surface area contributed by atoms with E-state index in [1.165, 1.54) is 38.9 Å². The zero-order valence-corrected chi connectivity index (χ0v) is 14.5. The number of rotatable bonds is 2. The van der Waals surface area contributed by atoms with E-state index >= 15 is 0 Å². The Hall–Kier alpha value is -3.06. The van der Waals surface area contributed by atoms with Crippen LogP contribution < -0.4 is 0 Å². The van der Waals surface area contributed by atoms with Crippen molar-refractivity contribution < 1.29 is 0 Å². The number of nitrogens with zero attached hydrogens (tertiary/aromatic N) is 1. The first kappa shape index (κ1) is 14.1. The van der Waals surface area contributed by atoms with Gasteiger partial charge >= 0.3 is 0 Å². The average Bonchev–Trinajstić information content (AvgIpc) is 3.12. The third kappa shape index (κ3) is 1.86. The normalized spacial score (nSPS) is 18.9. The van der Waals surface area contributed by atoms with Gasteiger partial charge in [-0.25, -0.2) is 0 Å². The van der Waals surface area contributed by atoms with Crippen LogP contribution in [0.4, 0.5) is 0 Å². The highest BCUT2D eigenvalue weighted by atomic mass is 14.9. The van der Waals surface area contributed by atoms with Gasteiger partial charge in [-0.15, -0.1) is 0 Å². The maximum Gasteiger partial charge on any atom is 0.0470 e. The van der Waals surface area contributed by atoms with Crippen LogP contribution in [0.15, 0.2) is 91.3 Å². The van der Waals surface area contributed by atoms with E-state index in [4.69, 9.17) is 0 Å². The summed E-state index contributed by atoms with van der Waals surface area (Å²) in [6, 6.07) is 28.7. The predicted molar refractivity (Wildman–Crippen MR) is 105 cm³/mol. The molecule has 0 fully saturated rings. The molecule has 0 amide bonds. The summed E-state index contributed by atoms with van der Waals surface area (Å²) in [6.07, 6.45) is 4.76. The molecule has 1 heteroatoms. The third-order valence-corrected chi connectivity index (χ3v) is 6.01. The van der Waals surface area contributed by atoms with E-state index < -0.39 is 0 Å². The van der Waals surface area contributed by atoms with Gasteiger partial charge in [-0.1, -0.05) is 78.9 Å². The number of hydrogen-bond donors (Lipinski definition) is 0. The minimum atomic E-state index is 0.374. The van der Waals surface area contributed by atoms with Crippen LogP contribution >= 0.6 is 0 Å². The van der Waals surface area contributed by atoms with Gasteiger partial charge in [-0.2, -0.15) is 0 Å². The SMILES string of the molecule is c1ccc(Cn2cc3c(c2)C2c4ccccc4C3c3ccccc32)cc1. The van der Waals surface area contributed by atoms with Crippen molar-refractivity contribution in [3.05, 3.63) is 130 Å². The smallest absolute Gasteiger partial charge is 0.0470 e. The second-order valence-corrected chi connectivity index (χ2v) is 7.45. The van der Waals surface area contributed by atoms with Crippen LogP contribution in [0.2, 0.25) is 0 Å². The van der Waals surface area contributed by atoms with E-state index in [2.05, 4.69) is 95.8 Å². The fourth-order valence-corrected chi connectivity index (χ4v) is 4.99. The second-order valence-electron chi connectivity index (χ2n) is 7.45. The van der Waals surface area contributed by atoms with Crippen molar-refractivity contribution in [3.63, 3.8) is 0 Å². The zero-order valence-electron chi connectivity index (χ0n) is 14.5. The Labute approximate surface area is 153 Å². The lowest BCUT2D eigenvalue weighted by molar-refractivity contribution is 0.761. The summed E-state index contributed by atoms with van der Waals surface area (Å²) in [4.78, 5) is 0. The lowest BCUT2D eigenvalue weighted by Gasteiger charge is -2.40. The number of aromatic nitrogens is 1. The van der Waals surface area contributed by atoms with E-state index in [1.54, 1.807) is 0 Å². The molecule has 3 aliphatic rings. The molecule has 0 radical (unpaired) electrons. The molecule has 124 valence electrons. The van der Waals surface area contributed by atoms with E-state index in [0.29, 0.717) is 11.8 Å². The van der Waals surface area contributed by atoms with Crippen molar-refractivity contribution in [3.8, 4) is 0 Å². The topological polar surface area (TPSA) is 4.93 Å². The van der Waals surface area contributed by atoms with E-state index in [-0.39, 0.29) is 0 Å².